The molecule has 0 aliphatic carbocycles. The highest BCUT2D eigenvalue weighted by molar-refractivity contribution is 5.99. The first-order valence-corrected chi connectivity index (χ1v) is 13.2. The maximum atomic E-state index is 13.6. The fraction of sp³-hybridized carbons (Fsp3) is 0.667. The van der Waals surface area contributed by atoms with Gasteiger partial charge in [0.05, 0.1) is 13.2 Å². The SMILES string of the molecule is CC[C@H](C)[C@H](NC(=O)c1ccc(N2CCN(CCOC)CC2)cc1)C(=O)N1C[C@H](OC)[C@H]2OCC(=O)[C@H]21. The monoisotopic (exact) mass is 516 g/mol. The Bertz CT molecular complexity index is 949. The molecule has 3 aliphatic heterocycles. The summed E-state index contributed by atoms with van der Waals surface area (Å²) >= 11 is 0. The highest BCUT2D eigenvalue weighted by Crippen LogP contribution is 2.30. The number of ketones is 1. The van der Waals surface area contributed by atoms with Crippen molar-refractivity contribution in [2.24, 2.45) is 5.92 Å². The van der Waals surface area contributed by atoms with Gasteiger partial charge in [-0.2, -0.15) is 0 Å². The van der Waals surface area contributed by atoms with Gasteiger partial charge in [-0.05, 0) is 30.2 Å². The summed E-state index contributed by atoms with van der Waals surface area (Å²) in [5.41, 5.74) is 1.57. The van der Waals surface area contributed by atoms with Crippen molar-refractivity contribution < 1.29 is 28.6 Å². The number of Topliss-reactive ketones (excluding diaryl/α,β-unsaturated/α-hetero) is 1. The maximum Gasteiger partial charge on any atom is 0.251 e. The van der Waals surface area contributed by atoms with Gasteiger partial charge in [-0.1, -0.05) is 20.3 Å². The second-order valence-electron chi connectivity index (χ2n) is 10.2. The number of ether oxygens (including phenoxy) is 3. The van der Waals surface area contributed by atoms with E-state index in [2.05, 4.69) is 15.1 Å². The van der Waals surface area contributed by atoms with E-state index in [0.717, 1.165) is 45.0 Å². The van der Waals surface area contributed by atoms with Crippen molar-refractivity contribution in [1.29, 1.82) is 0 Å². The van der Waals surface area contributed by atoms with Crippen molar-refractivity contribution in [3.8, 4) is 0 Å². The van der Waals surface area contributed by atoms with E-state index in [-0.39, 0.29) is 42.8 Å². The first kappa shape index (κ1) is 27.5. The summed E-state index contributed by atoms with van der Waals surface area (Å²) in [6, 6.07) is 6.13. The van der Waals surface area contributed by atoms with Gasteiger partial charge >= 0.3 is 0 Å². The highest BCUT2D eigenvalue weighted by Gasteiger charge is 2.53. The summed E-state index contributed by atoms with van der Waals surface area (Å²) in [7, 11) is 3.28. The van der Waals surface area contributed by atoms with Crippen LogP contribution in [0.25, 0.3) is 0 Å². The molecule has 1 aromatic carbocycles. The lowest BCUT2D eigenvalue weighted by Crippen LogP contribution is -2.54. The van der Waals surface area contributed by atoms with E-state index in [1.165, 1.54) is 0 Å². The Hall–Kier alpha value is -2.53. The minimum absolute atomic E-state index is 0.0200. The molecule has 10 heteroatoms. The summed E-state index contributed by atoms with van der Waals surface area (Å²) in [5.74, 6) is -0.800. The third-order valence-corrected chi connectivity index (χ3v) is 7.97. The number of piperazine rings is 1. The molecular weight excluding hydrogens is 476 g/mol. The molecule has 2 amide bonds. The Kier molecular flexibility index (Phi) is 9.17. The molecule has 3 aliphatic rings. The average molecular weight is 517 g/mol. The first-order chi connectivity index (χ1) is 17.9. The first-order valence-electron chi connectivity index (χ1n) is 13.2. The van der Waals surface area contributed by atoms with Crippen molar-refractivity contribution in [1.82, 2.24) is 15.1 Å². The van der Waals surface area contributed by atoms with Crippen LogP contribution in [0.4, 0.5) is 5.69 Å². The lowest BCUT2D eigenvalue weighted by Gasteiger charge is -2.36. The Balaban J connectivity index is 1.40. The third-order valence-electron chi connectivity index (χ3n) is 7.97. The van der Waals surface area contributed by atoms with Gasteiger partial charge in [-0.25, -0.2) is 0 Å². The number of methoxy groups -OCH3 is 2. The summed E-state index contributed by atoms with van der Waals surface area (Å²) in [5, 5.41) is 2.96. The van der Waals surface area contributed by atoms with Gasteiger partial charge in [0, 0.05) is 58.2 Å². The number of amides is 2. The van der Waals surface area contributed by atoms with Crippen molar-refractivity contribution >= 4 is 23.3 Å². The normalized spacial score (nSPS) is 25.7. The van der Waals surface area contributed by atoms with Crippen LogP contribution < -0.4 is 10.2 Å². The van der Waals surface area contributed by atoms with E-state index in [1.807, 2.05) is 26.0 Å². The summed E-state index contributed by atoms with van der Waals surface area (Å²) < 4.78 is 16.3. The van der Waals surface area contributed by atoms with E-state index in [4.69, 9.17) is 14.2 Å². The largest absolute Gasteiger partial charge is 0.383 e. The number of nitrogens with one attached hydrogen (secondary N) is 1. The van der Waals surface area contributed by atoms with Crippen molar-refractivity contribution in [3.05, 3.63) is 29.8 Å². The van der Waals surface area contributed by atoms with Crippen LogP contribution >= 0.6 is 0 Å². The maximum absolute atomic E-state index is 13.6. The van der Waals surface area contributed by atoms with Gasteiger partial charge in [-0.15, -0.1) is 0 Å². The van der Waals surface area contributed by atoms with Gasteiger partial charge in [0.1, 0.15) is 30.9 Å². The minimum Gasteiger partial charge on any atom is -0.383 e. The summed E-state index contributed by atoms with van der Waals surface area (Å²) in [4.78, 5) is 45.6. The van der Waals surface area contributed by atoms with Crippen LogP contribution in [0.15, 0.2) is 24.3 Å². The molecule has 0 radical (unpaired) electrons. The molecule has 5 atom stereocenters. The predicted octanol–water partition coefficient (Wildman–Crippen LogP) is 0.793. The minimum atomic E-state index is -0.748. The van der Waals surface area contributed by atoms with Crippen LogP contribution in [0.3, 0.4) is 0 Å². The molecule has 0 spiro atoms. The number of hydrogen-bond donors (Lipinski definition) is 1. The number of nitrogens with zero attached hydrogens (tertiary/aromatic N) is 3. The zero-order valence-electron chi connectivity index (χ0n) is 22.4. The molecular formula is C27H40N4O6. The molecule has 3 saturated heterocycles. The Morgan fingerprint density at radius 3 is 2.46 bits per heavy atom. The molecule has 0 saturated carbocycles. The zero-order chi connectivity index (χ0) is 26.5. The Morgan fingerprint density at radius 2 is 1.84 bits per heavy atom. The number of anilines is 1. The topological polar surface area (TPSA) is 101 Å². The van der Waals surface area contributed by atoms with E-state index >= 15 is 0 Å². The van der Waals surface area contributed by atoms with E-state index < -0.39 is 18.2 Å². The smallest absolute Gasteiger partial charge is 0.251 e. The number of fused-ring (bicyclic) bond motifs is 1. The Labute approximate surface area is 219 Å². The van der Waals surface area contributed by atoms with Crippen molar-refractivity contribution in [2.75, 3.05) is 71.6 Å². The molecule has 1 N–H and O–H groups in total. The van der Waals surface area contributed by atoms with Gasteiger partial charge in [0.15, 0.2) is 5.78 Å². The number of carbonyl (C=O) groups excluding carboxylic acids is 3. The predicted molar refractivity (Wildman–Crippen MR) is 139 cm³/mol. The van der Waals surface area contributed by atoms with Crippen LogP contribution in [0.5, 0.6) is 0 Å². The van der Waals surface area contributed by atoms with E-state index in [9.17, 15) is 14.4 Å². The molecule has 4 rings (SSSR count). The van der Waals surface area contributed by atoms with Crippen LogP contribution in [0.2, 0.25) is 0 Å². The average Bonchev–Trinajstić information content (AvgIpc) is 3.50. The van der Waals surface area contributed by atoms with Gasteiger partial charge < -0.3 is 29.3 Å². The number of carbonyl (C=O) groups is 3. The lowest BCUT2D eigenvalue weighted by molar-refractivity contribution is -0.139. The molecule has 0 unspecified atom stereocenters. The summed E-state index contributed by atoms with van der Waals surface area (Å²) in [6.07, 6.45) is -0.112. The molecule has 204 valence electrons. The van der Waals surface area contributed by atoms with Crippen molar-refractivity contribution in [2.45, 2.75) is 44.6 Å². The van der Waals surface area contributed by atoms with Gasteiger partial charge in [-0.3, -0.25) is 19.3 Å². The fourth-order valence-electron chi connectivity index (χ4n) is 5.41. The van der Waals surface area contributed by atoms with Crippen LogP contribution in [-0.2, 0) is 23.8 Å². The molecule has 3 heterocycles. The number of hydrogen-bond acceptors (Lipinski definition) is 8. The Morgan fingerprint density at radius 1 is 1.14 bits per heavy atom. The van der Waals surface area contributed by atoms with E-state index in [1.54, 1.807) is 31.3 Å². The van der Waals surface area contributed by atoms with E-state index in [0.29, 0.717) is 12.0 Å². The van der Waals surface area contributed by atoms with Crippen LogP contribution in [0.1, 0.15) is 30.6 Å². The fourth-order valence-corrected chi connectivity index (χ4v) is 5.41. The van der Waals surface area contributed by atoms with Gasteiger partial charge in [0.25, 0.3) is 5.91 Å². The van der Waals surface area contributed by atoms with Crippen LogP contribution in [-0.4, -0.2) is 118 Å². The standard InChI is InChI=1S/C27H40N4O6/c1-5-18(2)23(27(34)31-16-22(36-4)25-24(31)21(32)17-37-25)28-26(33)19-6-8-20(9-7-19)30-12-10-29(11-13-30)14-15-35-3/h6-9,18,22-25H,5,10-17H2,1-4H3,(H,28,33)/t18-,22-,23-,24+,25+/m0/s1. The number of benzene rings is 1. The second-order valence-corrected chi connectivity index (χ2v) is 10.2. The molecule has 0 aromatic heterocycles. The lowest BCUT2D eigenvalue weighted by atomic mass is 9.96. The quantitative estimate of drug-likeness (QED) is 0.487. The second kappa shape index (κ2) is 12.3. The summed E-state index contributed by atoms with van der Waals surface area (Å²) in [6.45, 7) is 9.62. The highest BCUT2D eigenvalue weighted by atomic mass is 16.5. The van der Waals surface area contributed by atoms with Gasteiger partial charge in [0.2, 0.25) is 5.91 Å². The third kappa shape index (κ3) is 5.98. The molecule has 0 bridgehead atoms. The van der Waals surface area contributed by atoms with Crippen molar-refractivity contribution in [3.63, 3.8) is 0 Å². The zero-order valence-corrected chi connectivity index (χ0v) is 22.4. The van der Waals surface area contributed by atoms with Crippen LogP contribution in [0, 0.1) is 5.92 Å². The molecule has 3 fully saturated rings. The molecule has 1 aromatic rings. The number of rotatable bonds is 10. The molecule has 37 heavy (non-hydrogen) atoms. The molecule has 10 nitrogen and oxygen atoms in total. The number of likely N-dealkylation sites (tertiary alicyclic amines) is 1.